The molecule has 0 saturated carbocycles. The van der Waals surface area contributed by atoms with Crippen molar-refractivity contribution in [2.45, 2.75) is 64.1 Å². The Hall–Kier alpha value is 0.555. The fourth-order valence-electron chi connectivity index (χ4n) is 1.61. The molecule has 1 rings (SSSR count). The molecule has 4 nitrogen and oxygen atoms in total. The van der Waals surface area contributed by atoms with Gasteiger partial charge in [0.05, 0.1) is 18.8 Å². The first-order valence-electron chi connectivity index (χ1n) is 6.26. The van der Waals surface area contributed by atoms with Crippen LogP contribution in [0.5, 0.6) is 0 Å². The van der Waals surface area contributed by atoms with Crippen molar-refractivity contribution in [3.8, 4) is 0 Å². The van der Waals surface area contributed by atoms with E-state index in [0.29, 0.717) is 13.0 Å². The highest BCUT2D eigenvalue weighted by molar-refractivity contribution is 8.09. The molecular weight excluding hydrogens is 270 g/mol. The molecule has 1 aliphatic heterocycles. The molecule has 1 aliphatic rings. The van der Waals surface area contributed by atoms with Crippen LogP contribution in [0.4, 0.5) is 0 Å². The molecular formula is C11H22BO4PS. The Kier molecular flexibility index (Phi) is 6.30. The molecule has 0 spiro atoms. The van der Waals surface area contributed by atoms with Crippen LogP contribution in [-0.2, 0) is 25.8 Å². The van der Waals surface area contributed by atoms with E-state index in [2.05, 4.69) is 0 Å². The monoisotopic (exact) mass is 292 g/mol. The summed E-state index contributed by atoms with van der Waals surface area (Å²) in [6, 6.07) is -0.377. The molecule has 0 aromatic carbocycles. The molecule has 2 radical (unpaired) electrons. The van der Waals surface area contributed by atoms with Gasteiger partial charge in [-0.15, -0.1) is 0 Å². The lowest BCUT2D eigenvalue weighted by molar-refractivity contribution is -0.0415. The van der Waals surface area contributed by atoms with Crippen molar-refractivity contribution in [1.29, 1.82) is 0 Å². The van der Waals surface area contributed by atoms with Crippen LogP contribution in [0.25, 0.3) is 0 Å². The third-order valence-electron chi connectivity index (χ3n) is 2.76. The van der Waals surface area contributed by atoms with Crippen LogP contribution >= 0.6 is 6.49 Å². The van der Waals surface area contributed by atoms with E-state index in [1.54, 1.807) is 0 Å². The number of hydrogen-bond donors (Lipinski definition) is 1. The summed E-state index contributed by atoms with van der Waals surface area (Å²) in [5.41, 5.74) is -0.0732. The molecule has 4 atom stereocenters. The molecule has 0 aromatic heterocycles. The van der Waals surface area contributed by atoms with Crippen molar-refractivity contribution in [2.24, 2.45) is 0 Å². The molecule has 0 aromatic rings. The van der Waals surface area contributed by atoms with Gasteiger partial charge in [-0.3, -0.25) is 0 Å². The second-order valence-corrected chi connectivity index (χ2v) is 9.07. The zero-order valence-electron chi connectivity index (χ0n) is 11.4. The van der Waals surface area contributed by atoms with Gasteiger partial charge in [0, 0.05) is 11.7 Å². The van der Waals surface area contributed by atoms with E-state index in [9.17, 15) is 4.89 Å². The van der Waals surface area contributed by atoms with Gasteiger partial charge in [0.25, 0.3) is 0 Å². The summed E-state index contributed by atoms with van der Waals surface area (Å²) in [7, 11) is 5.76. The Morgan fingerprint density at radius 1 is 1.44 bits per heavy atom. The largest absolute Gasteiger partial charge is 0.380 e. The summed E-state index contributed by atoms with van der Waals surface area (Å²) in [6.07, 6.45) is 0.124. The molecule has 7 heteroatoms. The van der Waals surface area contributed by atoms with E-state index >= 15 is 0 Å². The molecule has 0 amide bonds. The molecule has 0 aliphatic carbocycles. The standard InChI is InChI=1S/C11H22BO4PS/c1-7(2)14-6-10-9(5-11(12)15-10)16-17(13,18)8(3)4/h7-11H,5-6H2,1-4H3,(H,13,18)/t9?,10-,11-,17?/m1/s1. The first-order chi connectivity index (χ1) is 8.22. The van der Waals surface area contributed by atoms with E-state index in [1.807, 2.05) is 27.7 Å². The van der Waals surface area contributed by atoms with Crippen LogP contribution in [0.2, 0.25) is 0 Å². The fraction of sp³-hybridized carbons (Fsp3) is 1.00. The number of ether oxygens (including phenoxy) is 2. The minimum atomic E-state index is -2.78. The second-order valence-electron chi connectivity index (χ2n) is 5.13. The number of hydrogen-bond acceptors (Lipinski definition) is 4. The van der Waals surface area contributed by atoms with Gasteiger partial charge in [-0.2, -0.15) is 0 Å². The highest BCUT2D eigenvalue weighted by Crippen LogP contribution is 2.50. The van der Waals surface area contributed by atoms with Gasteiger partial charge in [0.15, 0.2) is 6.49 Å². The number of rotatable bonds is 6. The normalized spacial score (nSPS) is 32.1. The van der Waals surface area contributed by atoms with Gasteiger partial charge in [0.2, 0.25) is 0 Å². The van der Waals surface area contributed by atoms with Crippen LogP contribution in [0, 0.1) is 0 Å². The van der Waals surface area contributed by atoms with Crippen molar-refractivity contribution >= 4 is 26.1 Å². The summed E-state index contributed by atoms with van der Waals surface area (Å²) < 4.78 is 16.7. The average molecular weight is 292 g/mol. The third-order valence-corrected chi connectivity index (χ3v) is 6.16. The maximum absolute atomic E-state index is 10.1. The molecule has 0 bridgehead atoms. The van der Waals surface area contributed by atoms with Crippen molar-refractivity contribution in [2.75, 3.05) is 6.61 Å². The van der Waals surface area contributed by atoms with E-state index < -0.39 is 6.49 Å². The highest BCUT2D eigenvalue weighted by atomic mass is 32.5. The van der Waals surface area contributed by atoms with Gasteiger partial charge >= 0.3 is 0 Å². The van der Waals surface area contributed by atoms with Crippen molar-refractivity contribution in [1.82, 2.24) is 0 Å². The zero-order chi connectivity index (χ0) is 13.9. The lowest BCUT2D eigenvalue weighted by Crippen LogP contribution is -2.30. The molecule has 1 heterocycles. The van der Waals surface area contributed by atoms with E-state index in [0.717, 1.165) is 0 Å². The van der Waals surface area contributed by atoms with Crippen LogP contribution < -0.4 is 0 Å². The smallest absolute Gasteiger partial charge is 0.189 e. The Labute approximate surface area is 116 Å². The second kappa shape index (κ2) is 6.82. The Morgan fingerprint density at radius 3 is 2.56 bits per heavy atom. The zero-order valence-corrected chi connectivity index (χ0v) is 13.1. The molecule has 104 valence electrons. The maximum Gasteiger partial charge on any atom is 0.189 e. The van der Waals surface area contributed by atoms with Crippen molar-refractivity contribution in [3.63, 3.8) is 0 Å². The summed E-state index contributed by atoms with van der Waals surface area (Å²) in [5, 5.41) is 0. The first kappa shape index (κ1) is 16.6. The Bertz CT molecular complexity index is 313. The average Bonchev–Trinajstić information content (AvgIpc) is 2.54. The highest BCUT2D eigenvalue weighted by Gasteiger charge is 2.37. The Morgan fingerprint density at radius 2 is 2.06 bits per heavy atom. The van der Waals surface area contributed by atoms with Crippen LogP contribution in [-0.4, -0.2) is 49.3 Å². The Balaban J connectivity index is 2.59. The third kappa shape index (κ3) is 4.91. The lowest BCUT2D eigenvalue weighted by atomic mass is 9.96. The van der Waals surface area contributed by atoms with Gasteiger partial charge < -0.3 is 18.9 Å². The van der Waals surface area contributed by atoms with Crippen molar-refractivity contribution < 1.29 is 18.9 Å². The molecule has 2 unspecified atom stereocenters. The molecule has 1 N–H and O–H groups in total. The lowest BCUT2D eigenvalue weighted by Gasteiger charge is -2.27. The van der Waals surface area contributed by atoms with Gasteiger partial charge in [-0.25, -0.2) is 0 Å². The minimum Gasteiger partial charge on any atom is -0.380 e. The van der Waals surface area contributed by atoms with Gasteiger partial charge in [-0.1, -0.05) is 13.8 Å². The summed E-state index contributed by atoms with van der Waals surface area (Å²) >= 11 is 5.14. The first-order valence-corrected chi connectivity index (χ1v) is 9.00. The molecule has 18 heavy (non-hydrogen) atoms. The maximum atomic E-state index is 10.1. The minimum absolute atomic E-state index is 0.0732. The van der Waals surface area contributed by atoms with Crippen LogP contribution in [0.15, 0.2) is 0 Å². The van der Waals surface area contributed by atoms with Crippen molar-refractivity contribution in [3.05, 3.63) is 0 Å². The summed E-state index contributed by atoms with van der Waals surface area (Å²) in [6.45, 7) is 5.25. The topological polar surface area (TPSA) is 47.9 Å². The molecule has 1 saturated heterocycles. The fourth-order valence-corrected chi connectivity index (χ4v) is 2.79. The predicted octanol–water partition coefficient (Wildman–Crippen LogP) is 1.79. The van der Waals surface area contributed by atoms with E-state index in [4.69, 9.17) is 33.7 Å². The van der Waals surface area contributed by atoms with E-state index in [-0.39, 0.29) is 30.0 Å². The van der Waals surface area contributed by atoms with Crippen LogP contribution in [0.3, 0.4) is 0 Å². The summed E-state index contributed by atoms with van der Waals surface area (Å²) in [5.74, 6) is 0. The predicted molar refractivity (Wildman–Crippen MR) is 76.6 cm³/mol. The van der Waals surface area contributed by atoms with Crippen LogP contribution in [0.1, 0.15) is 34.1 Å². The SMILES string of the molecule is [B][C@H]1CC(OP(O)(=S)C(C)C)[C@@H](COC(C)C)O1. The quantitative estimate of drug-likeness (QED) is 0.597. The molecule has 1 fully saturated rings. The summed E-state index contributed by atoms with van der Waals surface area (Å²) in [4.78, 5) is 10.1. The van der Waals surface area contributed by atoms with Gasteiger partial charge in [-0.05, 0) is 32.1 Å². The van der Waals surface area contributed by atoms with E-state index in [1.165, 1.54) is 0 Å². The van der Waals surface area contributed by atoms with Gasteiger partial charge in [0.1, 0.15) is 14.0 Å².